The summed E-state index contributed by atoms with van der Waals surface area (Å²) >= 11 is 9.05. The molecule has 4 aromatic rings. The number of nitrogens with zero attached hydrogens (tertiary/aromatic N) is 6. The Bertz CT molecular complexity index is 2020. The molecule has 252 valence electrons. The van der Waals surface area contributed by atoms with E-state index < -0.39 is 38.4 Å². The fourth-order valence-electron chi connectivity index (χ4n) is 6.69. The molecule has 2 aliphatic carbocycles. The van der Waals surface area contributed by atoms with E-state index in [1.807, 2.05) is 48.5 Å². The van der Waals surface area contributed by atoms with Gasteiger partial charge in [-0.1, -0.05) is 66.6 Å². The monoisotopic (exact) mass is 838 g/mol. The summed E-state index contributed by atoms with van der Waals surface area (Å²) in [5.74, 6) is -15.9. The van der Waals surface area contributed by atoms with Gasteiger partial charge in [-0.05, 0) is 72.5 Å². The molecule has 16 heteroatoms. The summed E-state index contributed by atoms with van der Waals surface area (Å²) in [4.78, 5) is 0.718. The summed E-state index contributed by atoms with van der Waals surface area (Å²) in [6, 6.07) is 15.1. The lowest BCUT2D eigenvalue weighted by Crippen LogP contribution is -2.48. The Labute approximate surface area is 301 Å². The predicted octanol–water partition coefficient (Wildman–Crippen LogP) is 9.41. The van der Waals surface area contributed by atoms with Crippen LogP contribution in [0.5, 0.6) is 0 Å². The molecule has 2 aliphatic heterocycles. The van der Waals surface area contributed by atoms with Crippen molar-refractivity contribution in [2.24, 2.45) is 0 Å². The molecular weight excluding hydrogens is 818 g/mol. The predicted molar refractivity (Wildman–Crippen MR) is 183 cm³/mol. The highest BCUT2D eigenvalue weighted by molar-refractivity contribution is 9.10. The summed E-state index contributed by atoms with van der Waals surface area (Å²) in [5, 5.41) is 16.9. The number of aromatic nitrogens is 6. The van der Waals surface area contributed by atoms with Crippen molar-refractivity contribution in [1.82, 2.24) is 30.0 Å². The molecule has 0 bridgehead atoms. The van der Waals surface area contributed by atoms with Crippen molar-refractivity contribution in [1.29, 1.82) is 0 Å². The molecule has 6 nitrogen and oxygen atoms in total. The van der Waals surface area contributed by atoms with Crippen LogP contribution in [0.4, 0.5) is 26.3 Å². The molecule has 0 saturated heterocycles. The van der Waals surface area contributed by atoms with Crippen molar-refractivity contribution in [3.63, 3.8) is 0 Å². The molecule has 2 aromatic carbocycles. The van der Waals surface area contributed by atoms with E-state index in [9.17, 15) is 0 Å². The number of benzene rings is 2. The van der Waals surface area contributed by atoms with Crippen LogP contribution in [0.3, 0.4) is 0 Å². The number of thioether (sulfide) groups is 2. The minimum absolute atomic E-state index is 0.279. The summed E-state index contributed by atoms with van der Waals surface area (Å²) in [6.45, 7) is 3.98. The van der Waals surface area contributed by atoms with Crippen LogP contribution in [0.1, 0.15) is 36.4 Å². The Balaban J connectivity index is 1.21. The summed E-state index contributed by atoms with van der Waals surface area (Å²) in [5.41, 5.74) is -0.756. The molecule has 0 unspecified atom stereocenters. The molecule has 2 aromatic heterocycles. The van der Waals surface area contributed by atoms with E-state index in [2.05, 4.69) is 52.5 Å². The zero-order chi connectivity index (χ0) is 34.7. The lowest BCUT2D eigenvalue weighted by Gasteiger charge is -2.47. The van der Waals surface area contributed by atoms with Gasteiger partial charge in [0.1, 0.15) is 11.4 Å². The second-order valence-corrected chi connectivity index (χ2v) is 17.2. The maximum absolute atomic E-state index is 15.8. The van der Waals surface area contributed by atoms with Gasteiger partial charge in [-0.3, -0.25) is 0 Å². The number of allylic oxidation sites excluding steroid dienone is 4. The molecule has 4 heterocycles. The molecule has 8 rings (SSSR count). The quantitative estimate of drug-likeness (QED) is 0.181. The maximum Gasteiger partial charge on any atom is 0.380 e. The lowest BCUT2D eigenvalue weighted by molar-refractivity contribution is -0.258. The van der Waals surface area contributed by atoms with Gasteiger partial charge in [0.15, 0.2) is 0 Å². The van der Waals surface area contributed by atoms with Gasteiger partial charge >= 0.3 is 17.8 Å². The third-order valence-corrected chi connectivity index (χ3v) is 13.8. The van der Waals surface area contributed by atoms with Gasteiger partial charge in [0.2, 0.25) is 0 Å². The summed E-state index contributed by atoms with van der Waals surface area (Å²) in [7, 11) is 0. The van der Waals surface area contributed by atoms with Crippen LogP contribution >= 0.6 is 55.4 Å². The largest absolute Gasteiger partial charge is 0.380 e. The molecule has 0 amide bonds. The van der Waals surface area contributed by atoms with Crippen LogP contribution in [0.25, 0.3) is 9.81 Å². The third-order valence-electron chi connectivity index (χ3n) is 9.42. The smallest absolute Gasteiger partial charge is 0.247 e. The first-order valence-corrected chi connectivity index (χ1v) is 18.0. The second-order valence-electron chi connectivity index (χ2n) is 12.4. The number of fused-ring (bicyclic) bond motifs is 4. The molecule has 1 fully saturated rings. The van der Waals surface area contributed by atoms with Crippen molar-refractivity contribution < 1.29 is 26.3 Å². The van der Waals surface area contributed by atoms with Crippen LogP contribution in [-0.2, 0) is 13.1 Å². The van der Waals surface area contributed by atoms with Crippen molar-refractivity contribution in [2.75, 3.05) is 0 Å². The first-order chi connectivity index (χ1) is 23.0. The number of hydrogen-bond donors (Lipinski definition) is 0. The van der Waals surface area contributed by atoms with Gasteiger partial charge < -0.3 is 0 Å². The number of hydrogen-bond acceptors (Lipinski definition) is 6. The van der Waals surface area contributed by atoms with E-state index in [0.29, 0.717) is 34.3 Å². The molecule has 4 aliphatic rings. The first kappa shape index (κ1) is 33.1. The molecule has 2 atom stereocenters. The van der Waals surface area contributed by atoms with Gasteiger partial charge in [-0.25, -0.2) is 9.36 Å². The Morgan fingerprint density at radius 1 is 0.612 bits per heavy atom. The third kappa shape index (κ3) is 4.75. The Hall–Kier alpha value is -3.08. The zero-order valence-corrected chi connectivity index (χ0v) is 30.2. The van der Waals surface area contributed by atoms with Gasteiger partial charge in [-0.2, -0.15) is 26.3 Å². The zero-order valence-electron chi connectivity index (χ0n) is 25.4. The van der Waals surface area contributed by atoms with Gasteiger partial charge in [0.25, 0.3) is 0 Å². The normalized spacial score (nSPS) is 26.1. The SMILES string of the molecule is C[C@@]12SC(c3cn(Cc4ccc(Br)cc4)nn3)=CC1=C1C(=C3C=C(c4cn(Cc5ccc(Br)cc5)nn4)S[C@]32C)C(F)(F)C(F)(F)C1(F)F. The summed E-state index contributed by atoms with van der Waals surface area (Å²) < 4.78 is 95.6. The minimum Gasteiger partial charge on any atom is -0.247 e. The van der Waals surface area contributed by atoms with Gasteiger partial charge in [-0.15, -0.1) is 33.7 Å². The van der Waals surface area contributed by atoms with E-state index in [1.165, 1.54) is 12.2 Å². The van der Waals surface area contributed by atoms with Crippen molar-refractivity contribution >= 4 is 65.2 Å². The molecule has 0 spiro atoms. The van der Waals surface area contributed by atoms with Crippen LogP contribution in [0.15, 0.2) is 104 Å². The van der Waals surface area contributed by atoms with Crippen LogP contribution in [0.2, 0.25) is 0 Å². The Kier molecular flexibility index (Phi) is 7.40. The number of halogens is 8. The number of rotatable bonds is 6. The second kappa shape index (κ2) is 11.0. The standard InChI is InChI=1S/C33H22Br2F6N6S2/c1-29-21(11-25(48-29)23-15-46(44-42-23)13-17-3-7-19(34)8-4-17)27-28(32(38,39)33(40,41)31(27,36)37)22-12-26(49-30(22,29)2)24-16-47(45-43-24)14-18-5-9-20(35)10-6-18/h3-12,15-16H,13-14H2,1-2H3/t29-,30-/m1/s1. The Morgan fingerprint density at radius 3 is 1.35 bits per heavy atom. The molecule has 49 heavy (non-hydrogen) atoms. The van der Waals surface area contributed by atoms with Gasteiger partial charge in [0.05, 0.1) is 35.0 Å². The van der Waals surface area contributed by atoms with Crippen LogP contribution in [0, 0.1) is 0 Å². The fourth-order valence-corrected chi connectivity index (χ4v) is 10.3. The highest BCUT2D eigenvalue weighted by Crippen LogP contribution is 2.75. The average Bonchev–Trinajstić information content (AvgIpc) is 3.85. The van der Waals surface area contributed by atoms with E-state index in [0.717, 1.165) is 43.6 Å². The molecule has 0 radical (unpaired) electrons. The maximum atomic E-state index is 15.8. The highest BCUT2D eigenvalue weighted by atomic mass is 79.9. The molecular formula is C33H22Br2F6N6S2. The van der Waals surface area contributed by atoms with Crippen molar-refractivity contribution in [3.05, 3.63) is 127 Å². The average molecular weight is 841 g/mol. The lowest BCUT2D eigenvalue weighted by atomic mass is 9.71. The van der Waals surface area contributed by atoms with Gasteiger partial charge in [0, 0.05) is 29.9 Å². The molecule has 1 saturated carbocycles. The highest BCUT2D eigenvalue weighted by Gasteiger charge is 2.84. The number of alkyl halides is 6. The molecule has 0 N–H and O–H groups in total. The van der Waals surface area contributed by atoms with Crippen LogP contribution < -0.4 is 0 Å². The summed E-state index contributed by atoms with van der Waals surface area (Å²) in [6.07, 6.45) is 5.84. The van der Waals surface area contributed by atoms with E-state index in [1.54, 1.807) is 35.6 Å². The van der Waals surface area contributed by atoms with E-state index in [4.69, 9.17) is 0 Å². The first-order valence-electron chi connectivity index (χ1n) is 14.8. The Morgan fingerprint density at radius 2 is 0.980 bits per heavy atom. The topological polar surface area (TPSA) is 61.4 Å². The van der Waals surface area contributed by atoms with Crippen molar-refractivity contribution in [2.45, 2.75) is 54.2 Å². The fraction of sp³-hybridized carbons (Fsp3) is 0.273. The minimum atomic E-state index is -5.65. The van der Waals surface area contributed by atoms with E-state index >= 15 is 26.3 Å². The van der Waals surface area contributed by atoms with E-state index in [-0.39, 0.29) is 11.1 Å². The van der Waals surface area contributed by atoms with Crippen molar-refractivity contribution in [3.8, 4) is 0 Å². The van der Waals surface area contributed by atoms with Crippen LogP contribution in [-0.4, -0.2) is 57.2 Å².